The van der Waals surface area contributed by atoms with Gasteiger partial charge < -0.3 is 30.8 Å². The first-order valence-corrected chi connectivity index (χ1v) is 11.1. The third-order valence-electron chi connectivity index (χ3n) is 6.84. The minimum Gasteiger partial charge on any atom is -0.388 e. The fourth-order valence-electron chi connectivity index (χ4n) is 4.97. The third kappa shape index (κ3) is 4.11. The van der Waals surface area contributed by atoms with E-state index in [1.54, 1.807) is 6.33 Å². The van der Waals surface area contributed by atoms with Crippen molar-refractivity contribution in [2.24, 2.45) is 5.73 Å². The zero-order valence-electron chi connectivity index (χ0n) is 18.3. The van der Waals surface area contributed by atoms with Crippen LogP contribution < -0.4 is 11.5 Å². The highest BCUT2D eigenvalue weighted by molar-refractivity contribution is 5.82. The molecule has 1 spiro atoms. The Morgan fingerprint density at radius 1 is 1.35 bits per heavy atom. The molecule has 2 saturated heterocycles. The van der Waals surface area contributed by atoms with E-state index in [1.165, 1.54) is 6.33 Å². The molecule has 5 N–H and O–H groups in total. The molecule has 0 aromatic carbocycles. The van der Waals surface area contributed by atoms with E-state index >= 15 is 0 Å². The van der Waals surface area contributed by atoms with Gasteiger partial charge in [0.05, 0.1) is 36.2 Å². The van der Waals surface area contributed by atoms with Gasteiger partial charge in [-0.15, -0.1) is 0 Å². The molecular formula is C21H33N7O3. The van der Waals surface area contributed by atoms with Crippen LogP contribution in [-0.2, 0) is 9.53 Å². The molecule has 2 aromatic rings. The monoisotopic (exact) mass is 431 g/mol. The summed E-state index contributed by atoms with van der Waals surface area (Å²) in [5.41, 5.74) is 11.6. The van der Waals surface area contributed by atoms with E-state index in [0.29, 0.717) is 55.9 Å². The fourth-order valence-corrected chi connectivity index (χ4v) is 4.97. The summed E-state index contributed by atoms with van der Waals surface area (Å²) in [5, 5.41) is 11.4. The van der Waals surface area contributed by atoms with Crippen LogP contribution in [0.25, 0.3) is 11.2 Å². The van der Waals surface area contributed by atoms with Crippen molar-refractivity contribution in [3.63, 3.8) is 0 Å². The Morgan fingerprint density at radius 2 is 2.10 bits per heavy atom. The van der Waals surface area contributed by atoms with Crippen molar-refractivity contribution >= 4 is 22.9 Å². The average molecular weight is 432 g/mol. The molecule has 0 bridgehead atoms. The lowest BCUT2D eigenvalue weighted by molar-refractivity contribution is -0.197. The summed E-state index contributed by atoms with van der Waals surface area (Å²) in [4.78, 5) is 27.1. The molecule has 10 nitrogen and oxygen atoms in total. The third-order valence-corrected chi connectivity index (χ3v) is 6.84. The van der Waals surface area contributed by atoms with E-state index in [2.05, 4.69) is 21.9 Å². The van der Waals surface area contributed by atoms with Gasteiger partial charge in [0, 0.05) is 19.5 Å². The second-order valence-electron chi connectivity index (χ2n) is 9.20. The van der Waals surface area contributed by atoms with Crippen LogP contribution in [0.2, 0.25) is 0 Å². The quantitative estimate of drug-likeness (QED) is 0.636. The van der Waals surface area contributed by atoms with Gasteiger partial charge in [0.2, 0.25) is 5.91 Å². The summed E-state index contributed by atoms with van der Waals surface area (Å²) in [6, 6.07) is -0.780. The van der Waals surface area contributed by atoms with Gasteiger partial charge in [0.25, 0.3) is 0 Å². The number of carbonyl (C=O) groups is 1. The van der Waals surface area contributed by atoms with Crippen LogP contribution in [0.3, 0.4) is 0 Å². The van der Waals surface area contributed by atoms with E-state index in [1.807, 2.05) is 16.4 Å². The number of aliphatic hydroxyl groups is 1. The lowest BCUT2D eigenvalue weighted by Crippen LogP contribution is -2.59. The van der Waals surface area contributed by atoms with Crippen molar-refractivity contribution in [2.45, 2.75) is 75.7 Å². The number of hydrogen-bond acceptors (Lipinski definition) is 8. The Bertz CT molecular complexity index is 936. The van der Waals surface area contributed by atoms with E-state index in [4.69, 9.17) is 16.2 Å². The molecule has 4 heterocycles. The minimum atomic E-state index is -1.03. The van der Waals surface area contributed by atoms with Gasteiger partial charge in [-0.1, -0.05) is 19.8 Å². The Hall–Kier alpha value is -2.30. The van der Waals surface area contributed by atoms with E-state index < -0.39 is 17.2 Å². The lowest BCUT2D eigenvalue weighted by Gasteiger charge is -2.51. The van der Waals surface area contributed by atoms with Crippen molar-refractivity contribution < 1.29 is 14.6 Å². The van der Waals surface area contributed by atoms with Crippen LogP contribution >= 0.6 is 0 Å². The second-order valence-corrected chi connectivity index (χ2v) is 9.20. The Morgan fingerprint density at radius 3 is 2.77 bits per heavy atom. The molecule has 1 amide bonds. The van der Waals surface area contributed by atoms with Gasteiger partial charge in [0.15, 0.2) is 11.5 Å². The van der Waals surface area contributed by atoms with E-state index in [9.17, 15) is 9.90 Å². The number of piperidine rings is 1. The summed E-state index contributed by atoms with van der Waals surface area (Å²) >= 11 is 0. The lowest BCUT2D eigenvalue weighted by atomic mass is 9.75. The Balaban J connectivity index is 1.44. The maximum absolute atomic E-state index is 12.6. The van der Waals surface area contributed by atoms with Crippen LogP contribution in [0.4, 0.5) is 5.82 Å². The largest absolute Gasteiger partial charge is 0.388 e. The van der Waals surface area contributed by atoms with Gasteiger partial charge in [-0.25, -0.2) is 15.0 Å². The topological polar surface area (TPSA) is 145 Å². The smallest absolute Gasteiger partial charge is 0.239 e. The molecule has 2 aliphatic heterocycles. The SMILES string of the molecule is CCCC[C@H](N)C(=O)N1CCC2(CC1)C[C@@](C)(O)[C@H](n1cnc3c(N)ncnc31)CO2. The Labute approximate surface area is 182 Å². The highest BCUT2D eigenvalue weighted by atomic mass is 16.5. The number of anilines is 1. The van der Waals surface area contributed by atoms with Crippen LogP contribution in [0.15, 0.2) is 12.7 Å². The molecule has 0 aliphatic carbocycles. The normalized spacial score (nSPS) is 27.0. The van der Waals surface area contributed by atoms with Crippen molar-refractivity contribution in [1.29, 1.82) is 0 Å². The van der Waals surface area contributed by atoms with Gasteiger partial charge in [0.1, 0.15) is 11.8 Å². The molecule has 31 heavy (non-hydrogen) atoms. The predicted octanol–water partition coefficient (Wildman–Crippen LogP) is 1.000. The maximum Gasteiger partial charge on any atom is 0.239 e. The number of ether oxygens (including phenoxy) is 1. The number of unbranched alkanes of at least 4 members (excludes halogenated alkanes) is 1. The number of amides is 1. The first-order chi connectivity index (χ1) is 14.8. The minimum absolute atomic E-state index is 0.0194. The number of carbonyl (C=O) groups excluding carboxylic acids is 1. The molecule has 0 saturated carbocycles. The zero-order valence-corrected chi connectivity index (χ0v) is 18.3. The van der Waals surface area contributed by atoms with Crippen LogP contribution in [0, 0.1) is 0 Å². The molecule has 4 rings (SSSR count). The number of nitrogens with zero attached hydrogens (tertiary/aromatic N) is 5. The number of likely N-dealkylation sites (tertiary alicyclic amines) is 1. The summed E-state index contributed by atoms with van der Waals surface area (Å²) in [7, 11) is 0. The van der Waals surface area contributed by atoms with E-state index in [-0.39, 0.29) is 11.9 Å². The first kappa shape index (κ1) is 21.9. The number of nitrogen functional groups attached to an aromatic ring is 1. The molecule has 2 aromatic heterocycles. The molecule has 2 aliphatic rings. The second kappa shape index (κ2) is 8.33. The molecule has 0 radical (unpaired) electrons. The molecule has 170 valence electrons. The number of nitrogens with two attached hydrogens (primary N) is 2. The number of aromatic nitrogens is 4. The highest BCUT2D eigenvalue weighted by Crippen LogP contribution is 2.44. The molecular weight excluding hydrogens is 398 g/mol. The van der Waals surface area contributed by atoms with Crippen molar-refractivity contribution in [2.75, 3.05) is 25.4 Å². The highest BCUT2D eigenvalue weighted by Gasteiger charge is 2.50. The van der Waals surface area contributed by atoms with Gasteiger partial charge in [-0.05, 0) is 26.2 Å². The summed E-state index contributed by atoms with van der Waals surface area (Å²) in [6.45, 7) is 5.44. The number of hydrogen-bond donors (Lipinski definition) is 3. The zero-order chi connectivity index (χ0) is 22.2. The van der Waals surface area contributed by atoms with Gasteiger partial charge >= 0.3 is 0 Å². The number of fused-ring (bicyclic) bond motifs is 1. The standard InChI is InChI=1S/C21H33N7O3/c1-3-4-5-14(22)19(29)27-8-6-21(7-9-27)11-20(2,30)15(10-31-21)28-13-26-16-17(23)24-12-25-18(16)28/h12-15,30H,3-11,22H2,1-2H3,(H2,23,24,25)/t14-,15+,20+/m0/s1. The van der Waals surface area contributed by atoms with Crippen LogP contribution in [0.1, 0.15) is 58.4 Å². The summed E-state index contributed by atoms with van der Waals surface area (Å²) < 4.78 is 8.18. The summed E-state index contributed by atoms with van der Waals surface area (Å²) in [6.07, 6.45) is 7.56. The maximum atomic E-state index is 12.6. The summed E-state index contributed by atoms with van der Waals surface area (Å²) in [5.74, 6) is 0.330. The molecule has 10 heteroatoms. The van der Waals surface area contributed by atoms with Crippen LogP contribution in [-0.4, -0.2) is 72.4 Å². The van der Waals surface area contributed by atoms with Crippen molar-refractivity contribution in [1.82, 2.24) is 24.4 Å². The molecule has 0 unspecified atom stereocenters. The fraction of sp³-hybridized carbons (Fsp3) is 0.714. The van der Waals surface area contributed by atoms with Crippen LogP contribution in [0.5, 0.6) is 0 Å². The predicted molar refractivity (Wildman–Crippen MR) is 116 cm³/mol. The first-order valence-electron chi connectivity index (χ1n) is 11.1. The van der Waals surface area contributed by atoms with Gasteiger partial charge in [-0.2, -0.15) is 0 Å². The Kier molecular flexibility index (Phi) is 5.89. The average Bonchev–Trinajstić information content (AvgIpc) is 3.16. The number of rotatable bonds is 5. The van der Waals surface area contributed by atoms with E-state index in [0.717, 1.165) is 19.3 Å². The van der Waals surface area contributed by atoms with Gasteiger partial charge in [-0.3, -0.25) is 4.79 Å². The molecule has 2 fully saturated rings. The molecule has 3 atom stereocenters. The van der Waals surface area contributed by atoms with Crippen molar-refractivity contribution in [3.8, 4) is 0 Å². The number of imidazole rings is 1. The van der Waals surface area contributed by atoms with Crippen molar-refractivity contribution in [3.05, 3.63) is 12.7 Å².